The van der Waals surface area contributed by atoms with Crippen LogP contribution in [0.4, 0.5) is 5.69 Å². The fourth-order valence-electron chi connectivity index (χ4n) is 2.54. The average molecular weight is 355 g/mol. The van der Waals surface area contributed by atoms with Crippen molar-refractivity contribution in [3.63, 3.8) is 0 Å². The van der Waals surface area contributed by atoms with E-state index in [0.29, 0.717) is 0 Å². The van der Waals surface area contributed by atoms with Crippen LogP contribution in [0.5, 0.6) is 0 Å². The molecule has 1 aromatic rings. The minimum absolute atomic E-state index is 0.732. The van der Waals surface area contributed by atoms with E-state index in [-0.39, 0.29) is 0 Å². The highest BCUT2D eigenvalue weighted by Crippen LogP contribution is 2.16. The highest BCUT2D eigenvalue weighted by Gasteiger charge is 2.09. The average Bonchev–Trinajstić information content (AvgIpc) is 2.53. The van der Waals surface area contributed by atoms with Crippen LogP contribution < -0.4 is 5.32 Å². The molecule has 0 heterocycles. The first-order valence-corrected chi connectivity index (χ1v) is 9.77. The van der Waals surface area contributed by atoms with Crippen LogP contribution in [0.3, 0.4) is 0 Å². The van der Waals surface area contributed by atoms with Crippen molar-refractivity contribution in [3.05, 3.63) is 29.3 Å². The Labute approximate surface area is 152 Å². The molecule has 0 atom stereocenters. The second kappa shape index (κ2) is 12.6. The number of benzene rings is 1. The molecular weight excluding hydrogens is 324 g/mol. The molecule has 0 radical (unpaired) electrons. The molecule has 0 saturated heterocycles. The van der Waals surface area contributed by atoms with E-state index >= 15 is 0 Å². The molecule has 0 aliphatic heterocycles. The highest BCUT2D eigenvalue weighted by atomic mass is 35.5. The summed E-state index contributed by atoms with van der Waals surface area (Å²) in [6.45, 7) is 6.57. The molecule has 4 heteroatoms. The molecule has 0 aliphatic carbocycles. The fraction of sp³-hybridized carbons (Fsp3) is 0.632. The lowest BCUT2D eigenvalue weighted by molar-refractivity contribution is 0.391. The van der Waals surface area contributed by atoms with Crippen molar-refractivity contribution >= 4 is 34.6 Å². The zero-order valence-electron chi connectivity index (χ0n) is 14.6. The lowest BCUT2D eigenvalue weighted by Crippen LogP contribution is -2.36. The summed E-state index contributed by atoms with van der Waals surface area (Å²) >= 11 is 11.7. The second-order valence-corrected chi connectivity index (χ2v) is 6.87. The predicted molar refractivity (Wildman–Crippen MR) is 108 cm³/mol. The lowest BCUT2D eigenvalue weighted by atomic mass is 10.2. The van der Waals surface area contributed by atoms with Gasteiger partial charge in [0.15, 0.2) is 5.11 Å². The van der Waals surface area contributed by atoms with E-state index in [1.165, 1.54) is 51.4 Å². The van der Waals surface area contributed by atoms with Crippen LogP contribution in [0.25, 0.3) is 0 Å². The van der Waals surface area contributed by atoms with Gasteiger partial charge in [-0.3, -0.25) is 0 Å². The monoisotopic (exact) mass is 354 g/mol. The van der Waals surface area contributed by atoms with E-state index in [1.807, 2.05) is 24.3 Å². The normalized spacial score (nSPS) is 10.6. The Kier molecular flexibility index (Phi) is 11.1. The van der Waals surface area contributed by atoms with Crippen LogP contribution in [0.15, 0.2) is 24.3 Å². The van der Waals surface area contributed by atoms with Crippen molar-refractivity contribution in [1.29, 1.82) is 0 Å². The number of nitrogens with one attached hydrogen (secondary N) is 1. The molecule has 2 nitrogen and oxygen atoms in total. The molecular formula is C19H31ClN2S. The quantitative estimate of drug-likeness (QED) is 0.360. The van der Waals surface area contributed by atoms with Crippen LogP contribution in [0, 0.1) is 0 Å². The minimum Gasteiger partial charge on any atom is -0.349 e. The first kappa shape index (κ1) is 20.2. The maximum Gasteiger partial charge on any atom is 0.173 e. The first-order chi connectivity index (χ1) is 11.2. The van der Waals surface area contributed by atoms with Gasteiger partial charge in [-0.25, -0.2) is 0 Å². The molecule has 1 aromatic carbocycles. The molecule has 1 N–H and O–H groups in total. The third-order valence-corrected chi connectivity index (χ3v) is 4.52. The number of halogens is 1. The largest absolute Gasteiger partial charge is 0.349 e. The molecule has 1 rings (SSSR count). The van der Waals surface area contributed by atoms with Gasteiger partial charge in [0.2, 0.25) is 0 Å². The van der Waals surface area contributed by atoms with Gasteiger partial charge in [0, 0.05) is 23.8 Å². The predicted octanol–water partition coefficient (Wildman–Crippen LogP) is 6.50. The molecule has 0 saturated carbocycles. The maximum atomic E-state index is 6.05. The van der Waals surface area contributed by atoms with Gasteiger partial charge in [-0.2, -0.15) is 0 Å². The Morgan fingerprint density at radius 1 is 1.00 bits per heavy atom. The van der Waals surface area contributed by atoms with Crippen molar-refractivity contribution in [2.45, 2.75) is 65.2 Å². The van der Waals surface area contributed by atoms with Crippen molar-refractivity contribution < 1.29 is 0 Å². The third-order valence-electron chi connectivity index (χ3n) is 3.93. The van der Waals surface area contributed by atoms with Gasteiger partial charge in [-0.05, 0) is 43.3 Å². The SMILES string of the molecule is CCCCCCN(CCCCCC)C(=S)Nc1cccc(Cl)c1. The Morgan fingerprint density at radius 2 is 1.61 bits per heavy atom. The van der Waals surface area contributed by atoms with Gasteiger partial charge in [-0.15, -0.1) is 0 Å². The Balaban J connectivity index is 2.51. The van der Waals surface area contributed by atoms with Crippen LogP contribution in [0.2, 0.25) is 5.02 Å². The number of nitrogens with zero attached hydrogens (tertiary/aromatic N) is 1. The first-order valence-electron chi connectivity index (χ1n) is 8.98. The van der Waals surface area contributed by atoms with Crippen LogP contribution in [-0.2, 0) is 0 Å². The maximum absolute atomic E-state index is 6.05. The van der Waals surface area contributed by atoms with Gasteiger partial charge in [0.1, 0.15) is 0 Å². The molecule has 0 fully saturated rings. The molecule has 23 heavy (non-hydrogen) atoms. The van der Waals surface area contributed by atoms with Gasteiger partial charge < -0.3 is 10.2 Å². The Hall–Kier alpha value is -0.800. The fourth-order valence-corrected chi connectivity index (χ4v) is 3.03. The lowest BCUT2D eigenvalue weighted by Gasteiger charge is -2.26. The summed E-state index contributed by atoms with van der Waals surface area (Å²) in [4.78, 5) is 2.32. The van der Waals surface area contributed by atoms with E-state index in [4.69, 9.17) is 23.8 Å². The van der Waals surface area contributed by atoms with Gasteiger partial charge >= 0.3 is 0 Å². The number of rotatable bonds is 11. The van der Waals surface area contributed by atoms with E-state index in [0.717, 1.165) is 28.9 Å². The summed E-state index contributed by atoms with van der Waals surface area (Å²) in [6.07, 6.45) is 10.1. The molecule has 0 bridgehead atoms. The van der Waals surface area contributed by atoms with Crippen molar-refractivity contribution in [2.75, 3.05) is 18.4 Å². The van der Waals surface area contributed by atoms with Gasteiger partial charge in [-0.1, -0.05) is 70.0 Å². The zero-order valence-corrected chi connectivity index (χ0v) is 16.2. The molecule has 0 amide bonds. The smallest absolute Gasteiger partial charge is 0.173 e. The molecule has 0 aromatic heterocycles. The third kappa shape index (κ3) is 9.17. The van der Waals surface area contributed by atoms with Crippen molar-refractivity contribution in [2.24, 2.45) is 0 Å². The highest BCUT2D eigenvalue weighted by molar-refractivity contribution is 7.80. The number of unbranched alkanes of at least 4 members (excludes halogenated alkanes) is 6. The van der Waals surface area contributed by atoms with Crippen molar-refractivity contribution in [3.8, 4) is 0 Å². The van der Waals surface area contributed by atoms with E-state index in [9.17, 15) is 0 Å². The number of anilines is 1. The van der Waals surface area contributed by atoms with Gasteiger partial charge in [0.05, 0.1) is 0 Å². The van der Waals surface area contributed by atoms with Crippen molar-refractivity contribution in [1.82, 2.24) is 4.90 Å². The summed E-state index contributed by atoms with van der Waals surface area (Å²) in [5, 5.41) is 4.89. The van der Waals surface area contributed by atoms with E-state index in [1.54, 1.807) is 0 Å². The molecule has 0 spiro atoms. The molecule has 130 valence electrons. The van der Waals surface area contributed by atoms with E-state index in [2.05, 4.69) is 24.1 Å². The summed E-state index contributed by atoms with van der Waals surface area (Å²) in [5.41, 5.74) is 0.967. The summed E-state index contributed by atoms with van der Waals surface area (Å²) in [6, 6.07) is 7.74. The summed E-state index contributed by atoms with van der Waals surface area (Å²) in [7, 11) is 0. The van der Waals surface area contributed by atoms with E-state index < -0.39 is 0 Å². The summed E-state index contributed by atoms with van der Waals surface area (Å²) < 4.78 is 0. The van der Waals surface area contributed by atoms with Gasteiger partial charge in [0.25, 0.3) is 0 Å². The Morgan fingerprint density at radius 3 is 2.13 bits per heavy atom. The number of thiocarbonyl (C=S) groups is 1. The topological polar surface area (TPSA) is 15.3 Å². The molecule has 0 unspecified atom stereocenters. The number of hydrogen-bond donors (Lipinski definition) is 1. The van der Waals surface area contributed by atoms with Crippen LogP contribution in [0.1, 0.15) is 65.2 Å². The zero-order chi connectivity index (χ0) is 16.9. The summed E-state index contributed by atoms with van der Waals surface area (Å²) in [5.74, 6) is 0. The van der Waals surface area contributed by atoms with Crippen LogP contribution >= 0.6 is 23.8 Å². The molecule has 0 aliphatic rings. The standard InChI is InChI=1S/C19H31ClN2S/c1-3-5-7-9-14-22(15-10-8-6-4-2)19(23)21-18-13-11-12-17(20)16-18/h11-13,16H,3-10,14-15H2,1-2H3,(H,21,23). The second-order valence-electron chi connectivity index (χ2n) is 6.05. The minimum atomic E-state index is 0.732. The number of hydrogen-bond acceptors (Lipinski definition) is 1. The Bertz CT molecular complexity index is 439. The van der Waals surface area contributed by atoms with Crippen LogP contribution in [-0.4, -0.2) is 23.1 Å².